The van der Waals surface area contributed by atoms with Gasteiger partial charge in [-0.1, -0.05) is 5.21 Å². The molecule has 0 radical (unpaired) electrons. The Morgan fingerprint density at radius 2 is 2.14 bits per heavy atom. The molecule has 0 N–H and O–H groups in total. The number of Topliss-reactive ketones (excluding diaryl/α,β-unsaturated/α-hetero) is 1. The van der Waals surface area contributed by atoms with E-state index in [-0.39, 0.29) is 18.2 Å². The number of nitrogens with zero attached hydrogens (tertiary/aromatic N) is 4. The number of ketones is 1. The third-order valence-electron chi connectivity index (χ3n) is 3.78. The number of rotatable bonds is 3. The van der Waals surface area contributed by atoms with Gasteiger partial charge in [0.25, 0.3) is 0 Å². The van der Waals surface area contributed by atoms with Crippen LogP contribution in [0.3, 0.4) is 0 Å². The van der Waals surface area contributed by atoms with E-state index < -0.39 is 0 Å². The van der Waals surface area contributed by atoms with Gasteiger partial charge in [-0.25, -0.2) is 4.68 Å². The third-order valence-corrected chi connectivity index (χ3v) is 3.78. The molecule has 0 fully saturated rings. The fourth-order valence-electron chi connectivity index (χ4n) is 2.56. The Morgan fingerprint density at radius 3 is 2.81 bits per heavy atom. The summed E-state index contributed by atoms with van der Waals surface area (Å²) in [6, 6.07) is 5.50. The van der Waals surface area contributed by atoms with Gasteiger partial charge in [0, 0.05) is 17.8 Å². The summed E-state index contributed by atoms with van der Waals surface area (Å²) < 4.78 is 1.59. The molecular weight excluding hydrogens is 268 g/mol. The molecule has 1 amide bonds. The fraction of sp³-hybridized carbons (Fsp3) is 0.333. The van der Waals surface area contributed by atoms with E-state index in [1.54, 1.807) is 28.8 Å². The highest BCUT2D eigenvalue weighted by atomic mass is 16.2. The van der Waals surface area contributed by atoms with E-state index in [1.165, 1.54) is 0 Å². The predicted octanol–water partition coefficient (Wildman–Crippen LogP) is 1.38. The van der Waals surface area contributed by atoms with Crippen molar-refractivity contribution in [2.75, 3.05) is 11.4 Å². The molecule has 2 aromatic rings. The highest BCUT2D eigenvalue weighted by Gasteiger charge is 2.25. The summed E-state index contributed by atoms with van der Waals surface area (Å²) in [7, 11) is 0. The van der Waals surface area contributed by atoms with E-state index in [0.717, 1.165) is 23.4 Å². The van der Waals surface area contributed by atoms with E-state index in [1.807, 2.05) is 19.1 Å². The smallest absolute Gasteiger partial charge is 0.248 e. The first-order valence-corrected chi connectivity index (χ1v) is 6.85. The molecular formula is C15H16N4O2. The maximum atomic E-state index is 12.4. The van der Waals surface area contributed by atoms with Gasteiger partial charge < -0.3 is 4.90 Å². The van der Waals surface area contributed by atoms with Crippen molar-refractivity contribution < 1.29 is 9.59 Å². The molecule has 0 bridgehead atoms. The molecule has 0 spiro atoms. The number of carbonyl (C=O) groups excluding carboxylic acids is 2. The lowest BCUT2D eigenvalue weighted by atomic mass is 10.1. The number of aromatic nitrogens is 3. The van der Waals surface area contributed by atoms with Crippen molar-refractivity contribution in [2.45, 2.75) is 26.8 Å². The summed E-state index contributed by atoms with van der Waals surface area (Å²) in [6.45, 7) is 4.24. The number of amides is 1. The van der Waals surface area contributed by atoms with Crippen LogP contribution in [0.1, 0.15) is 28.5 Å². The highest BCUT2D eigenvalue weighted by molar-refractivity contribution is 5.98. The second kappa shape index (κ2) is 5.12. The third kappa shape index (κ3) is 2.44. The van der Waals surface area contributed by atoms with Crippen molar-refractivity contribution in [3.8, 4) is 0 Å². The van der Waals surface area contributed by atoms with E-state index in [4.69, 9.17) is 0 Å². The highest BCUT2D eigenvalue weighted by Crippen LogP contribution is 2.29. The summed E-state index contributed by atoms with van der Waals surface area (Å²) in [4.78, 5) is 25.6. The molecule has 1 aromatic heterocycles. The summed E-state index contributed by atoms with van der Waals surface area (Å²) >= 11 is 0. The molecule has 1 aromatic carbocycles. The first kappa shape index (κ1) is 13.5. The van der Waals surface area contributed by atoms with Gasteiger partial charge >= 0.3 is 0 Å². The van der Waals surface area contributed by atoms with E-state index >= 15 is 0 Å². The minimum atomic E-state index is -0.0158. The lowest BCUT2D eigenvalue weighted by Gasteiger charge is -2.17. The number of anilines is 1. The Balaban J connectivity index is 1.82. The molecule has 1 aliphatic heterocycles. The number of aryl methyl sites for hydroxylation is 1. The van der Waals surface area contributed by atoms with Crippen LogP contribution in [0.25, 0.3) is 0 Å². The van der Waals surface area contributed by atoms with E-state index in [2.05, 4.69) is 10.3 Å². The van der Waals surface area contributed by atoms with Crippen LogP contribution in [0.4, 0.5) is 5.69 Å². The quantitative estimate of drug-likeness (QED) is 0.798. The van der Waals surface area contributed by atoms with Gasteiger partial charge in [0.2, 0.25) is 5.91 Å². The van der Waals surface area contributed by atoms with Crippen LogP contribution in [-0.4, -0.2) is 33.2 Å². The molecule has 2 heterocycles. The molecule has 0 saturated heterocycles. The predicted molar refractivity (Wildman–Crippen MR) is 77.3 cm³/mol. The number of hydrogen-bond acceptors (Lipinski definition) is 4. The molecule has 6 heteroatoms. The lowest BCUT2D eigenvalue weighted by molar-refractivity contribution is -0.119. The first-order chi connectivity index (χ1) is 10.1. The Kier molecular flexibility index (Phi) is 3.29. The lowest BCUT2D eigenvalue weighted by Crippen LogP contribution is -2.32. The molecule has 108 valence electrons. The average Bonchev–Trinajstić information content (AvgIpc) is 3.04. The van der Waals surface area contributed by atoms with Crippen LogP contribution in [0, 0.1) is 6.92 Å². The largest absolute Gasteiger partial charge is 0.310 e. The van der Waals surface area contributed by atoms with Crippen LogP contribution in [-0.2, 0) is 17.8 Å². The van der Waals surface area contributed by atoms with Crippen LogP contribution >= 0.6 is 0 Å². The molecule has 3 rings (SSSR count). The van der Waals surface area contributed by atoms with Crippen molar-refractivity contribution >= 4 is 17.4 Å². The summed E-state index contributed by atoms with van der Waals surface area (Å²) in [5.74, 6) is 0.0266. The molecule has 0 atom stereocenters. The van der Waals surface area contributed by atoms with Gasteiger partial charge in [0.1, 0.15) is 6.54 Å². The minimum absolute atomic E-state index is 0.0158. The van der Waals surface area contributed by atoms with Gasteiger partial charge in [0.05, 0.1) is 11.9 Å². The SMILES string of the molecule is CC(=O)c1ccc2c(c1)CCN2C(=O)Cn1nncc1C. The van der Waals surface area contributed by atoms with Gasteiger partial charge in [-0.15, -0.1) is 5.10 Å². The van der Waals surface area contributed by atoms with Gasteiger partial charge in [-0.05, 0) is 44.0 Å². The van der Waals surface area contributed by atoms with Gasteiger partial charge in [0.15, 0.2) is 5.78 Å². The Labute approximate surface area is 122 Å². The molecule has 21 heavy (non-hydrogen) atoms. The van der Waals surface area contributed by atoms with Gasteiger partial charge in [-0.2, -0.15) is 0 Å². The normalized spacial score (nSPS) is 13.3. The fourth-order valence-corrected chi connectivity index (χ4v) is 2.56. The van der Waals surface area contributed by atoms with Crippen molar-refractivity contribution in [3.63, 3.8) is 0 Å². The molecule has 0 aliphatic carbocycles. The Hall–Kier alpha value is -2.50. The zero-order valence-corrected chi connectivity index (χ0v) is 12.0. The topological polar surface area (TPSA) is 68.1 Å². The number of benzene rings is 1. The van der Waals surface area contributed by atoms with E-state index in [9.17, 15) is 9.59 Å². The summed E-state index contributed by atoms with van der Waals surface area (Å²) in [5, 5.41) is 7.68. The van der Waals surface area contributed by atoms with E-state index in [0.29, 0.717) is 12.1 Å². The summed E-state index contributed by atoms with van der Waals surface area (Å²) in [6.07, 6.45) is 2.41. The van der Waals surface area contributed by atoms with Crippen LogP contribution in [0.2, 0.25) is 0 Å². The van der Waals surface area contributed by atoms with Crippen LogP contribution < -0.4 is 4.90 Å². The molecule has 0 saturated carbocycles. The number of fused-ring (bicyclic) bond motifs is 1. The zero-order chi connectivity index (χ0) is 15.0. The van der Waals surface area contributed by atoms with Crippen LogP contribution in [0.5, 0.6) is 0 Å². The standard InChI is InChI=1S/C15H16N4O2/c1-10-8-16-17-19(10)9-15(21)18-6-5-13-7-12(11(2)20)3-4-14(13)18/h3-4,7-8H,5-6,9H2,1-2H3. The Morgan fingerprint density at radius 1 is 1.33 bits per heavy atom. The molecule has 1 aliphatic rings. The zero-order valence-electron chi connectivity index (χ0n) is 12.0. The van der Waals surface area contributed by atoms with Crippen molar-refractivity contribution in [3.05, 3.63) is 41.2 Å². The first-order valence-electron chi connectivity index (χ1n) is 6.85. The van der Waals surface area contributed by atoms with Crippen LogP contribution in [0.15, 0.2) is 24.4 Å². The summed E-state index contributed by atoms with van der Waals surface area (Å²) in [5.41, 5.74) is 3.49. The number of hydrogen-bond donors (Lipinski definition) is 0. The van der Waals surface area contributed by atoms with Crippen molar-refractivity contribution in [1.82, 2.24) is 15.0 Å². The second-order valence-electron chi connectivity index (χ2n) is 5.23. The number of carbonyl (C=O) groups is 2. The van der Waals surface area contributed by atoms with Gasteiger partial charge in [-0.3, -0.25) is 9.59 Å². The maximum Gasteiger partial charge on any atom is 0.248 e. The Bertz CT molecular complexity index is 720. The van der Waals surface area contributed by atoms with Crippen molar-refractivity contribution in [1.29, 1.82) is 0 Å². The van der Waals surface area contributed by atoms with Crippen molar-refractivity contribution in [2.24, 2.45) is 0 Å². The second-order valence-corrected chi connectivity index (χ2v) is 5.23. The average molecular weight is 284 g/mol. The maximum absolute atomic E-state index is 12.4. The molecule has 0 unspecified atom stereocenters. The monoisotopic (exact) mass is 284 g/mol. The molecule has 6 nitrogen and oxygen atoms in total. The minimum Gasteiger partial charge on any atom is -0.310 e.